The fraction of sp³-hybridized carbons (Fsp3) is 0.316. The molecule has 8 heteroatoms. The summed E-state index contributed by atoms with van der Waals surface area (Å²) in [5.41, 5.74) is 1.89. The van der Waals surface area contributed by atoms with Crippen molar-refractivity contribution in [3.05, 3.63) is 60.0 Å². The van der Waals surface area contributed by atoms with Gasteiger partial charge in [0.05, 0.1) is 19.7 Å². The van der Waals surface area contributed by atoms with Crippen LogP contribution in [0.2, 0.25) is 0 Å². The van der Waals surface area contributed by atoms with Crippen LogP contribution in [0.3, 0.4) is 0 Å². The van der Waals surface area contributed by atoms with E-state index < -0.39 is 0 Å². The molecule has 0 saturated heterocycles. The normalized spacial score (nSPS) is 11.1. The number of pyridine rings is 1. The molecule has 1 aromatic carbocycles. The molecule has 0 saturated carbocycles. The number of fused-ring (bicyclic) bond motifs is 1. The highest BCUT2D eigenvalue weighted by Gasteiger charge is 2.06. The fourth-order valence-corrected chi connectivity index (χ4v) is 2.61. The van der Waals surface area contributed by atoms with E-state index in [0.29, 0.717) is 19.7 Å². The summed E-state index contributed by atoms with van der Waals surface area (Å²) in [6.07, 6.45) is 1.95. The lowest BCUT2D eigenvalue weighted by Crippen LogP contribution is -2.37. The van der Waals surface area contributed by atoms with E-state index in [1.165, 1.54) is 0 Å². The Bertz CT molecular complexity index is 879. The number of ether oxygens (including phenoxy) is 1. The van der Waals surface area contributed by atoms with E-state index in [4.69, 9.17) is 4.74 Å². The Morgan fingerprint density at radius 2 is 1.89 bits per heavy atom. The minimum absolute atomic E-state index is 0. The molecule has 0 unspecified atom stereocenters. The molecule has 0 atom stereocenters. The Labute approximate surface area is 176 Å². The summed E-state index contributed by atoms with van der Waals surface area (Å²) < 4.78 is 7.62. The van der Waals surface area contributed by atoms with Crippen LogP contribution in [0.5, 0.6) is 5.75 Å². The van der Waals surface area contributed by atoms with Crippen molar-refractivity contribution in [2.75, 3.05) is 13.2 Å². The first-order valence-electron chi connectivity index (χ1n) is 8.83. The highest BCUT2D eigenvalue weighted by Crippen LogP contribution is 2.18. The van der Waals surface area contributed by atoms with Gasteiger partial charge in [-0.3, -0.25) is 4.40 Å². The summed E-state index contributed by atoms with van der Waals surface area (Å²) in [6, 6.07) is 13.8. The molecule has 3 rings (SSSR count). The molecule has 7 nitrogen and oxygen atoms in total. The molecular weight excluding hydrogens is 455 g/mol. The van der Waals surface area contributed by atoms with E-state index in [2.05, 4.69) is 25.8 Å². The molecule has 0 aliphatic rings. The van der Waals surface area contributed by atoms with Gasteiger partial charge in [0.2, 0.25) is 0 Å². The quantitative estimate of drug-likeness (QED) is 0.309. The van der Waals surface area contributed by atoms with Crippen molar-refractivity contribution in [3.8, 4) is 5.75 Å². The lowest BCUT2D eigenvalue weighted by molar-refractivity contribution is 0.336. The molecule has 0 radical (unpaired) electrons. The number of hydrogen-bond acceptors (Lipinski definition) is 4. The van der Waals surface area contributed by atoms with Crippen molar-refractivity contribution in [1.29, 1.82) is 0 Å². The Morgan fingerprint density at radius 3 is 2.70 bits per heavy atom. The number of benzene rings is 1. The molecule has 0 aliphatic heterocycles. The number of aliphatic imine (C=N–C) groups is 1. The molecule has 144 valence electrons. The second-order valence-electron chi connectivity index (χ2n) is 5.63. The smallest absolute Gasteiger partial charge is 0.191 e. The van der Waals surface area contributed by atoms with Crippen molar-refractivity contribution in [2.45, 2.75) is 26.9 Å². The summed E-state index contributed by atoms with van der Waals surface area (Å²) in [6.45, 7) is 6.50. The van der Waals surface area contributed by atoms with Crippen molar-refractivity contribution >= 4 is 35.6 Å². The third-order valence-corrected chi connectivity index (χ3v) is 3.82. The van der Waals surface area contributed by atoms with Crippen LogP contribution in [0.1, 0.15) is 25.2 Å². The molecule has 0 fully saturated rings. The Kier molecular flexibility index (Phi) is 8.31. The van der Waals surface area contributed by atoms with Crippen LogP contribution in [0.4, 0.5) is 0 Å². The molecular formula is C19H25IN6O. The standard InChI is InChI=1S/C19H24N6O.HI/c1-3-20-19(21-13-15-9-5-6-10-16(15)26-4-2)22-14-18-24-23-17-11-7-8-12-25(17)18;/h5-12H,3-4,13-14H2,1-2H3,(H2,20,21,22);1H. The van der Waals surface area contributed by atoms with Crippen LogP contribution in [0, 0.1) is 0 Å². The van der Waals surface area contributed by atoms with E-state index in [-0.39, 0.29) is 24.0 Å². The van der Waals surface area contributed by atoms with Gasteiger partial charge in [0.1, 0.15) is 5.75 Å². The SMILES string of the molecule is CCNC(=NCc1ccccc1OCC)NCc1nnc2ccccn12.I. The highest BCUT2D eigenvalue weighted by molar-refractivity contribution is 14.0. The first-order chi connectivity index (χ1) is 12.8. The number of hydrogen-bond donors (Lipinski definition) is 2. The molecule has 0 amide bonds. The maximum Gasteiger partial charge on any atom is 0.191 e. The number of aromatic nitrogens is 3. The second kappa shape index (κ2) is 10.7. The van der Waals surface area contributed by atoms with Gasteiger partial charge >= 0.3 is 0 Å². The van der Waals surface area contributed by atoms with Gasteiger partial charge in [-0.15, -0.1) is 34.2 Å². The molecule has 2 heterocycles. The van der Waals surface area contributed by atoms with Gasteiger partial charge in [0.15, 0.2) is 17.4 Å². The maximum absolute atomic E-state index is 5.66. The van der Waals surface area contributed by atoms with E-state index >= 15 is 0 Å². The zero-order chi connectivity index (χ0) is 18.2. The topological polar surface area (TPSA) is 75.8 Å². The summed E-state index contributed by atoms with van der Waals surface area (Å²) in [4.78, 5) is 4.66. The minimum atomic E-state index is 0. The van der Waals surface area contributed by atoms with Crippen LogP contribution in [-0.4, -0.2) is 33.7 Å². The first-order valence-corrected chi connectivity index (χ1v) is 8.83. The van der Waals surface area contributed by atoms with E-state index in [1.54, 1.807) is 0 Å². The summed E-state index contributed by atoms with van der Waals surface area (Å²) in [5, 5.41) is 15.0. The van der Waals surface area contributed by atoms with Gasteiger partial charge in [-0.25, -0.2) is 4.99 Å². The summed E-state index contributed by atoms with van der Waals surface area (Å²) >= 11 is 0. The van der Waals surface area contributed by atoms with Gasteiger partial charge in [-0.05, 0) is 32.0 Å². The molecule has 2 aromatic heterocycles. The van der Waals surface area contributed by atoms with Crippen molar-refractivity contribution in [3.63, 3.8) is 0 Å². The van der Waals surface area contributed by atoms with Crippen LogP contribution in [0.15, 0.2) is 53.7 Å². The van der Waals surface area contributed by atoms with Crippen LogP contribution >= 0.6 is 24.0 Å². The number of rotatable bonds is 7. The second-order valence-corrected chi connectivity index (χ2v) is 5.63. The predicted molar refractivity (Wildman–Crippen MR) is 118 cm³/mol. The van der Waals surface area contributed by atoms with E-state index in [0.717, 1.165) is 35.3 Å². The summed E-state index contributed by atoms with van der Waals surface area (Å²) in [7, 11) is 0. The molecule has 0 aliphatic carbocycles. The number of para-hydroxylation sites is 1. The van der Waals surface area contributed by atoms with Gasteiger partial charge in [-0.1, -0.05) is 24.3 Å². The number of guanidine groups is 1. The van der Waals surface area contributed by atoms with Gasteiger partial charge in [0, 0.05) is 18.3 Å². The first kappa shape index (κ1) is 20.9. The van der Waals surface area contributed by atoms with E-state index in [1.807, 2.05) is 66.9 Å². The van der Waals surface area contributed by atoms with Crippen molar-refractivity contribution in [2.24, 2.45) is 4.99 Å². The number of nitrogens with zero attached hydrogens (tertiary/aromatic N) is 4. The van der Waals surface area contributed by atoms with Gasteiger partial charge < -0.3 is 15.4 Å². The molecule has 0 bridgehead atoms. The third kappa shape index (κ3) is 5.56. The molecule has 27 heavy (non-hydrogen) atoms. The summed E-state index contributed by atoms with van der Waals surface area (Å²) in [5.74, 6) is 2.44. The van der Waals surface area contributed by atoms with Crippen LogP contribution in [-0.2, 0) is 13.1 Å². The number of nitrogens with one attached hydrogen (secondary N) is 2. The predicted octanol–water partition coefficient (Wildman–Crippen LogP) is 3.00. The largest absolute Gasteiger partial charge is 0.494 e. The Balaban J connectivity index is 0.00000261. The lowest BCUT2D eigenvalue weighted by Gasteiger charge is -2.12. The molecule has 0 spiro atoms. The third-order valence-electron chi connectivity index (χ3n) is 3.82. The van der Waals surface area contributed by atoms with Gasteiger partial charge in [0.25, 0.3) is 0 Å². The molecule has 2 N–H and O–H groups in total. The van der Waals surface area contributed by atoms with Crippen LogP contribution < -0.4 is 15.4 Å². The fourth-order valence-electron chi connectivity index (χ4n) is 2.61. The van der Waals surface area contributed by atoms with Crippen LogP contribution in [0.25, 0.3) is 5.65 Å². The zero-order valence-corrected chi connectivity index (χ0v) is 17.9. The zero-order valence-electron chi connectivity index (χ0n) is 15.6. The highest BCUT2D eigenvalue weighted by atomic mass is 127. The van der Waals surface area contributed by atoms with Crippen molar-refractivity contribution < 1.29 is 4.74 Å². The van der Waals surface area contributed by atoms with Crippen molar-refractivity contribution in [1.82, 2.24) is 25.2 Å². The monoisotopic (exact) mass is 480 g/mol. The average molecular weight is 480 g/mol. The van der Waals surface area contributed by atoms with Gasteiger partial charge in [-0.2, -0.15) is 0 Å². The average Bonchev–Trinajstić information content (AvgIpc) is 3.08. The number of halogens is 1. The Hall–Kier alpha value is -2.36. The minimum Gasteiger partial charge on any atom is -0.494 e. The lowest BCUT2D eigenvalue weighted by atomic mass is 10.2. The maximum atomic E-state index is 5.66. The molecule has 3 aromatic rings. The Morgan fingerprint density at radius 1 is 1.07 bits per heavy atom. The van der Waals surface area contributed by atoms with E-state index in [9.17, 15) is 0 Å².